The molecule has 0 amide bonds. The molecule has 0 unspecified atom stereocenters. The molecule has 0 atom stereocenters. The SMILES string of the molecule is c1ccc(-c2ccc(-c3nc(-c4ccccc4)nc(-c4ccc5c(c4)sc4cccc(-n6c7ccccc7c7ccccc76)c45)n3)cc2)cc1. The minimum atomic E-state index is 0.651. The molecule has 0 aliphatic rings. The van der Waals surface area contributed by atoms with E-state index in [2.05, 4.69) is 138 Å². The van der Waals surface area contributed by atoms with Crippen LogP contribution >= 0.6 is 11.3 Å². The highest BCUT2D eigenvalue weighted by Gasteiger charge is 2.18. The van der Waals surface area contributed by atoms with Gasteiger partial charge in [-0.05, 0) is 41.5 Å². The number of para-hydroxylation sites is 2. The Hall–Kier alpha value is -6.43. The summed E-state index contributed by atoms with van der Waals surface area (Å²) in [6, 6.07) is 59.7. The van der Waals surface area contributed by atoms with Crippen molar-refractivity contribution < 1.29 is 0 Å². The van der Waals surface area contributed by atoms with Gasteiger partial charge in [-0.2, -0.15) is 0 Å². The fourth-order valence-corrected chi connectivity index (χ4v) is 8.27. The Morgan fingerprint density at radius 1 is 0.360 bits per heavy atom. The van der Waals surface area contributed by atoms with E-state index in [1.807, 2.05) is 47.7 Å². The van der Waals surface area contributed by atoms with Crippen LogP contribution in [-0.2, 0) is 0 Å². The fourth-order valence-electron chi connectivity index (χ4n) is 7.11. The molecule has 7 aromatic carbocycles. The summed E-state index contributed by atoms with van der Waals surface area (Å²) < 4.78 is 4.86. The molecule has 10 rings (SSSR count). The molecule has 0 radical (unpaired) electrons. The molecular weight excluding hydrogens is 629 g/mol. The zero-order valence-electron chi connectivity index (χ0n) is 26.9. The van der Waals surface area contributed by atoms with Gasteiger partial charge in [0.1, 0.15) is 0 Å². The van der Waals surface area contributed by atoms with Crippen LogP contribution in [0.2, 0.25) is 0 Å². The molecule has 0 saturated heterocycles. The van der Waals surface area contributed by atoms with Crippen LogP contribution in [-0.4, -0.2) is 19.5 Å². The second kappa shape index (κ2) is 11.6. The highest BCUT2D eigenvalue weighted by Crippen LogP contribution is 2.42. The van der Waals surface area contributed by atoms with E-state index in [4.69, 9.17) is 15.0 Å². The summed E-state index contributed by atoms with van der Waals surface area (Å²) in [6.45, 7) is 0. The summed E-state index contributed by atoms with van der Waals surface area (Å²) in [5.74, 6) is 1.96. The molecule has 234 valence electrons. The number of aromatic nitrogens is 4. The van der Waals surface area contributed by atoms with Gasteiger partial charge in [0.2, 0.25) is 0 Å². The molecule has 10 aromatic rings. The minimum Gasteiger partial charge on any atom is -0.309 e. The first-order chi connectivity index (χ1) is 24.8. The van der Waals surface area contributed by atoms with Crippen molar-refractivity contribution in [1.82, 2.24) is 19.5 Å². The van der Waals surface area contributed by atoms with Crippen LogP contribution in [0.4, 0.5) is 0 Å². The van der Waals surface area contributed by atoms with Gasteiger partial charge in [-0.15, -0.1) is 11.3 Å². The lowest BCUT2D eigenvalue weighted by molar-refractivity contribution is 1.07. The Balaban J connectivity index is 1.13. The third-order valence-corrected chi connectivity index (χ3v) is 10.6. The summed E-state index contributed by atoms with van der Waals surface area (Å²) in [5.41, 5.74) is 8.80. The van der Waals surface area contributed by atoms with Crippen LogP contribution in [0.1, 0.15) is 0 Å². The van der Waals surface area contributed by atoms with Crippen molar-refractivity contribution in [3.05, 3.63) is 170 Å². The average Bonchev–Trinajstić information content (AvgIpc) is 3.74. The summed E-state index contributed by atoms with van der Waals surface area (Å²) >= 11 is 1.81. The summed E-state index contributed by atoms with van der Waals surface area (Å²) in [5, 5.41) is 5.00. The van der Waals surface area contributed by atoms with Crippen LogP contribution in [0.15, 0.2) is 170 Å². The van der Waals surface area contributed by atoms with Gasteiger partial charge in [0.25, 0.3) is 0 Å². The third-order valence-electron chi connectivity index (χ3n) is 9.47. The largest absolute Gasteiger partial charge is 0.309 e. The highest BCUT2D eigenvalue weighted by molar-refractivity contribution is 7.26. The Labute approximate surface area is 292 Å². The quantitative estimate of drug-likeness (QED) is 0.185. The zero-order valence-corrected chi connectivity index (χ0v) is 27.7. The lowest BCUT2D eigenvalue weighted by Crippen LogP contribution is -2.00. The van der Waals surface area contributed by atoms with Gasteiger partial charge >= 0.3 is 0 Å². The van der Waals surface area contributed by atoms with Crippen molar-refractivity contribution in [3.63, 3.8) is 0 Å². The standard InChI is InChI=1S/C45H28N4S/c1-3-12-29(13-4-1)30-22-24-32(25-23-30)44-46-43(31-14-5-2-6-15-31)47-45(48-44)33-26-27-36-41(28-33)50-40-21-11-20-39(42(36)40)49-37-18-9-7-16-34(37)35-17-8-10-19-38(35)49/h1-28H. The van der Waals surface area contributed by atoms with Crippen molar-refractivity contribution in [1.29, 1.82) is 0 Å². The Bertz CT molecular complexity index is 2800. The van der Waals surface area contributed by atoms with E-state index in [9.17, 15) is 0 Å². The van der Waals surface area contributed by atoms with E-state index in [0.29, 0.717) is 17.5 Å². The van der Waals surface area contributed by atoms with Gasteiger partial charge in [-0.25, -0.2) is 15.0 Å². The second-order valence-corrected chi connectivity index (χ2v) is 13.5. The number of fused-ring (bicyclic) bond motifs is 6. The fraction of sp³-hybridized carbons (Fsp3) is 0. The molecule has 0 bridgehead atoms. The first-order valence-corrected chi connectivity index (χ1v) is 17.5. The first kappa shape index (κ1) is 28.6. The van der Waals surface area contributed by atoms with Gasteiger partial charge < -0.3 is 4.57 Å². The predicted octanol–water partition coefficient (Wildman–Crippen LogP) is 12.0. The van der Waals surface area contributed by atoms with Crippen LogP contribution in [0.3, 0.4) is 0 Å². The molecule has 4 nitrogen and oxygen atoms in total. The minimum absolute atomic E-state index is 0.651. The van der Waals surface area contributed by atoms with E-state index in [0.717, 1.165) is 22.3 Å². The molecule has 3 heterocycles. The van der Waals surface area contributed by atoms with Gasteiger partial charge in [-0.1, -0.05) is 140 Å². The maximum Gasteiger partial charge on any atom is 0.164 e. The highest BCUT2D eigenvalue weighted by atomic mass is 32.1. The van der Waals surface area contributed by atoms with Crippen LogP contribution in [0, 0.1) is 0 Å². The third kappa shape index (κ3) is 4.71. The lowest BCUT2D eigenvalue weighted by Gasteiger charge is -2.11. The number of rotatable bonds is 5. The van der Waals surface area contributed by atoms with E-state index in [-0.39, 0.29) is 0 Å². The van der Waals surface area contributed by atoms with E-state index in [1.54, 1.807) is 0 Å². The summed E-state index contributed by atoms with van der Waals surface area (Å²) in [6.07, 6.45) is 0. The number of hydrogen-bond donors (Lipinski definition) is 0. The number of benzene rings is 7. The van der Waals surface area contributed by atoms with Crippen molar-refractivity contribution in [2.24, 2.45) is 0 Å². The van der Waals surface area contributed by atoms with Crippen molar-refractivity contribution >= 4 is 53.3 Å². The van der Waals surface area contributed by atoms with Crippen molar-refractivity contribution in [2.75, 3.05) is 0 Å². The zero-order chi connectivity index (χ0) is 33.0. The lowest BCUT2D eigenvalue weighted by atomic mass is 10.0. The van der Waals surface area contributed by atoms with Gasteiger partial charge in [0.15, 0.2) is 17.5 Å². The van der Waals surface area contributed by atoms with Crippen LogP contribution in [0.25, 0.3) is 93.0 Å². The molecule has 0 spiro atoms. The maximum atomic E-state index is 5.07. The molecule has 50 heavy (non-hydrogen) atoms. The van der Waals surface area contributed by atoms with Gasteiger partial charge in [-0.3, -0.25) is 0 Å². The Morgan fingerprint density at radius 3 is 1.52 bits per heavy atom. The van der Waals surface area contributed by atoms with Crippen molar-refractivity contribution in [3.8, 4) is 51.0 Å². The molecule has 5 heteroatoms. The number of hydrogen-bond acceptors (Lipinski definition) is 4. The van der Waals surface area contributed by atoms with E-state index >= 15 is 0 Å². The Morgan fingerprint density at radius 2 is 0.860 bits per heavy atom. The van der Waals surface area contributed by atoms with Crippen molar-refractivity contribution in [2.45, 2.75) is 0 Å². The predicted molar refractivity (Wildman–Crippen MR) is 209 cm³/mol. The van der Waals surface area contributed by atoms with Crippen LogP contribution in [0.5, 0.6) is 0 Å². The maximum absolute atomic E-state index is 5.07. The van der Waals surface area contributed by atoms with Gasteiger partial charge in [0.05, 0.1) is 16.7 Å². The normalized spacial score (nSPS) is 11.6. The average molecular weight is 657 g/mol. The Kier molecular flexibility index (Phi) is 6.64. The second-order valence-electron chi connectivity index (χ2n) is 12.4. The number of nitrogens with zero attached hydrogens (tertiary/aromatic N) is 4. The van der Waals surface area contributed by atoms with E-state index in [1.165, 1.54) is 53.2 Å². The number of thiophene rings is 1. The molecule has 0 aliphatic heterocycles. The summed E-state index contributed by atoms with van der Waals surface area (Å²) in [4.78, 5) is 15.1. The van der Waals surface area contributed by atoms with Crippen LogP contribution < -0.4 is 0 Å². The van der Waals surface area contributed by atoms with Gasteiger partial charge in [0, 0.05) is 47.6 Å². The molecule has 0 fully saturated rings. The topological polar surface area (TPSA) is 43.6 Å². The first-order valence-electron chi connectivity index (χ1n) is 16.7. The summed E-state index contributed by atoms with van der Waals surface area (Å²) in [7, 11) is 0. The monoisotopic (exact) mass is 656 g/mol. The molecule has 0 N–H and O–H groups in total. The molecule has 0 aliphatic carbocycles. The smallest absolute Gasteiger partial charge is 0.164 e. The molecule has 3 aromatic heterocycles. The molecule has 0 saturated carbocycles. The van der Waals surface area contributed by atoms with E-state index < -0.39 is 0 Å². The molecular formula is C45H28N4S.